The third kappa shape index (κ3) is 1.06. The maximum Gasteiger partial charge on any atom is 0.186 e. The highest BCUT2D eigenvalue weighted by Gasteiger charge is 2.47. The van der Waals surface area contributed by atoms with Gasteiger partial charge in [-0.15, -0.1) is 0 Å². The van der Waals surface area contributed by atoms with Crippen molar-refractivity contribution in [2.24, 2.45) is 5.92 Å². The predicted molar refractivity (Wildman–Crippen MR) is 35.7 cm³/mol. The number of fused-ring (bicyclic) bond motifs is 1. The fourth-order valence-electron chi connectivity index (χ4n) is 1.66. The van der Waals surface area contributed by atoms with Gasteiger partial charge in [0.05, 0.1) is 6.61 Å². The molecule has 4 unspecified atom stereocenters. The normalized spacial score (nSPS) is 49.6. The van der Waals surface area contributed by atoms with E-state index in [1.54, 1.807) is 0 Å². The molecule has 4 atom stereocenters. The minimum Gasteiger partial charge on any atom is -0.387 e. The Labute approximate surface area is 65.1 Å². The number of rotatable bonds is 1. The van der Waals surface area contributed by atoms with Crippen molar-refractivity contribution in [3.63, 3.8) is 0 Å². The highest BCUT2D eigenvalue weighted by atomic mass is 16.8. The van der Waals surface area contributed by atoms with Crippen LogP contribution in [-0.4, -0.2) is 37.5 Å². The Kier molecular flexibility index (Phi) is 1.85. The molecule has 4 nitrogen and oxygen atoms in total. The second-order valence-corrected chi connectivity index (χ2v) is 2.92. The van der Waals surface area contributed by atoms with Crippen LogP contribution in [-0.2, 0) is 14.2 Å². The molecular formula is C7H12O4. The van der Waals surface area contributed by atoms with Crippen LogP contribution < -0.4 is 0 Å². The lowest BCUT2D eigenvalue weighted by Crippen LogP contribution is -2.27. The Hall–Kier alpha value is -0.160. The van der Waals surface area contributed by atoms with Crippen molar-refractivity contribution >= 4 is 0 Å². The molecule has 2 rings (SSSR count). The smallest absolute Gasteiger partial charge is 0.186 e. The minimum absolute atomic E-state index is 0.111. The van der Waals surface area contributed by atoms with Gasteiger partial charge in [0, 0.05) is 13.0 Å². The zero-order valence-corrected chi connectivity index (χ0v) is 6.40. The zero-order chi connectivity index (χ0) is 7.84. The van der Waals surface area contributed by atoms with Gasteiger partial charge in [0.15, 0.2) is 12.6 Å². The monoisotopic (exact) mass is 160 g/mol. The maximum atomic E-state index is 9.53. The zero-order valence-electron chi connectivity index (χ0n) is 6.40. The molecule has 2 saturated heterocycles. The van der Waals surface area contributed by atoms with Gasteiger partial charge in [-0.2, -0.15) is 0 Å². The van der Waals surface area contributed by atoms with E-state index in [0.717, 1.165) is 6.42 Å². The number of hydrogen-bond donors (Lipinski definition) is 1. The third-order valence-electron chi connectivity index (χ3n) is 2.30. The fraction of sp³-hybridized carbons (Fsp3) is 1.00. The molecule has 64 valence electrons. The Bertz CT molecular complexity index is 149. The van der Waals surface area contributed by atoms with E-state index in [1.165, 1.54) is 7.11 Å². The van der Waals surface area contributed by atoms with Crippen LogP contribution in [0.1, 0.15) is 6.42 Å². The van der Waals surface area contributed by atoms with Crippen molar-refractivity contribution in [2.75, 3.05) is 13.7 Å². The summed E-state index contributed by atoms with van der Waals surface area (Å²) in [7, 11) is 1.52. The van der Waals surface area contributed by atoms with E-state index in [1.807, 2.05) is 0 Å². The molecular weight excluding hydrogens is 148 g/mol. The molecule has 2 fully saturated rings. The van der Waals surface area contributed by atoms with Crippen LogP contribution in [0.5, 0.6) is 0 Å². The lowest BCUT2D eigenvalue weighted by Gasteiger charge is -2.13. The van der Waals surface area contributed by atoms with Gasteiger partial charge in [-0.1, -0.05) is 0 Å². The van der Waals surface area contributed by atoms with Crippen LogP contribution in [0, 0.1) is 5.92 Å². The first-order valence-corrected chi connectivity index (χ1v) is 3.81. The molecule has 0 aromatic heterocycles. The number of aliphatic hydroxyl groups is 1. The number of methoxy groups -OCH3 is 1. The van der Waals surface area contributed by atoms with Gasteiger partial charge in [0.1, 0.15) is 6.10 Å². The molecule has 0 radical (unpaired) electrons. The quantitative estimate of drug-likeness (QED) is 0.572. The summed E-state index contributed by atoms with van der Waals surface area (Å²) >= 11 is 0. The van der Waals surface area contributed by atoms with E-state index >= 15 is 0 Å². The van der Waals surface area contributed by atoms with Gasteiger partial charge in [-0.05, 0) is 6.42 Å². The molecule has 11 heavy (non-hydrogen) atoms. The van der Waals surface area contributed by atoms with Crippen molar-refractivity contribution in [1.29, 1.82) is 0 Å². The Morgan fingerprint density at radius 2 is 2.36 bits per heavy atom. The van der Waals surface area contributed by atoms with Crippen molar-refractivity contribution < 1.29 is 19.3 Å². The van der Waals surface area contributed by atoms with E-state index in [9.17, 15) is 5.11 Å². The second-order valence-electron chi connectivity index (χ2n) is 2.92. The lowest BCUT2D eigenvalue weighted by molar-refractivity contribution is -0.201. The summed E-state index contributed by atoms with van der Waals surface area (Å²) in [6.07, 6.45) is -0.390. The molecule has 0 aliphatic carbocycles. The molecule has 4 heteroatoms. The van der Waals surface area contributed by atoms with Crippen LogP contribution in [0.3, 0.4) is 0 Å². The number of ether oxygens (including phenoxy) is 3. The summed E-state index contributed by atoms with van der Waals surface area (Å²) in [5, 5.41) is 9.53. The van der Waals surface area contributed by atoms with Gasteiger partial charge in [-0.3, -0.25) is 0 Å². The maximum absolute atomic E-state index is 9.53. The van der Waals surface area contributed by atoms with Crippen molar-refractivity contribution in [3.05, 3.63) is 0 Å². The summed E-state index contributed by atoms with van der Waals surface area (Å²) in [5.41, 5.74) is 0. The SMILES string of the molecule is COC1OC2OCCC2C1O. The first kappa shape index (κ1) is 7.49. The first-order chi connectivity index (χ1) is 5.33. The Morgan fingerprint density at radius 1 is 1.55 bits per heavy atom. The van der Waals surface area contributed by atoms with Crippen LogP contribution in [0.25, 0.3) is 0 Å². The van der Waals surface area contributed by atoms with Crippen LogP contribution in [0.4, 0.5) is 0 Å². The standard InChI is InChI=1S/C7H12O4/c1-9-7-5(8)4-2-3-10-6(4)11-7/h4-8H,2-3H2,1H3. The van der Waals surface area contributed by atoms with Crippen molar-refractivity contribution in [3.8, 4) is 0 Å². The van der Waals surface area contributed by atoms with E-state index < -0.39 is 12.4 Å². The molecule has 2 aliphatic rings. The van der Waals surface area contributed by atoms with E-state index in [-0.39, 0.29) is 12.2 Å². The predicted octanol–water partition coefficient (Wildman–Crippen LogP) is -0.287. The molecule has 0 amide bonds. The largest absolute Gasteiger partial charge is 0.387 e. The summed E-state index contributed by atoms with van der Waals surface area (Å²) in [5.74, 6) is 0.111. The number of aliphatic hydroxyl groups excluding tert-OH is 1. The van der Waals surface area contributed by atoms with Crippen LogP contribution >= 0.6 is 0 Å². The van der Waals surface area contributed by atoms with Gasteiger partial charge in [0.2, 0.25) is 0 Å². The van der Waals surface area contributed by atoms with E-state index in [0.29, 0.717) is 6.61 Å². The summed E-state index contributed by atoms with van der Waals surface area (Å²) < 4.78 is 15.4. The molecule has 0 bridgehead atoms. The molecule has 0 spiro atoms. The van der Waals surface area contributed by atoms with Crippen molar-refractivity contribution in [1.82, 2.24) is 0 Å². The summed E-state index contributed by atoms with van der Waals surface area (Å²) in [6, 6.07) is 0. The molecule has 2 aliphatic heterocycles. The van der Waals surface area contributed by atoms with E-state index in [4.69, 9.17) is 14.2 Å². The molecule has 0 saturated carbocycles. The fourth-order valence-corrected chi connectivity index (χ4v) is 1.66. The first-order valence-electron chi connectivity index (χ1n) is 3.81. The highest BCUT2D eigenvalue weighted by molar-refractivity contribution is 4.85. The minimum atomic E-state index is -0.521. The summed E-state index contributed by atoms with van der Waals surface area (Å²) in [6.45, 7) is 0.683. The van der Waals surface area contributed by atoms with Crippen molar-refractivity contribution in [2.45, 2.75) is 25.1 Å². The van der Waals surface area contributed by atoms with Gasteiger partial charge >= 0.3 is 0 Å². The van der Waals surface area contributed by atoms with E-state index in [2.05, 4.69) is 0 Å². The van der Waals surface area contributed by atoms with Crippen LogP contribution in [0.2, 0.25) is 0 Å². The lowest BCUT2D eigenvalue weighted by atomic mass is 10.0. The number of hydrogen-bond acceptors (Lipinski definition) is 4. The average molecular weight is 160 g/mol. The van der Waals surface area contributed by atoms with Gasteiger partial charge < -0.3 is 19.3 Å². The molecule has 1 N–H and O–H groups in total. The highest BCUT2D eigenvalue weighted by Crippen LogP contribution is 2.35. The van der Waals surface area contributed by atoms with Gasteiger partial charge in [-0.25, -0.2) is 0 Å². The Balaban J connectivity index is 2.04. The third-order valence-corrected chi connectivity index (χ3v) is 2.30. The second kappa shape index (κ2) is 2.71. The molecule has 2 heterocycles. The van der Waals surface area contributed by atoms with Crippen LogP contribution in [0.15, 0.2) is 0 Å². The molecule has 0 aromatic rings. The average Bonchev–Trinajstić information content (AvgIpc) is 2.53. The molecule has 0 aromatic carbocycles. The Morgan fingerprint density at radius 3 is 3.00 bits per heavy atom. The topological polar surface area (TPSA) is 47.9 Å². The van der Waals surface area contributed by atoms with Gasteiger partial charge in [0.25, 0.3) is 0 Å². The summed E-state index contributed by atoms with van der Waals surface area (Å²) in [4.78, 5) is 0.